The van der Waals surface area contributed by atoms with Gasteiger partial charge < -0.3 is 10.5 Å². The van der Waals surface area contributed by atoms with Crippen molar-refractivity contribution in [2.24, 2.45) is 5.73 Å². The third-order valence-electron chi connectivity index (χ3n) is 2.90. The van der Waals surface area contributed by atoms with E-state index in [1.54, 1.807) is 11.3 Å². The molecule has 0 bridgehead atoms. The van der Waals surface area contributed by atoms with Crippen molar-refractivity contribution in [1.29, 1.82) is 0 Å². The highest BCUT2D eigenvalue weighted by Gasteiger charge is 2.32. The van der Waals surface area contributed by atoms with Gasteiger partial charge in [-0.15, -0.1) is 11.3 Å². The van der Waals surface area contributed by atoms with Crippen molar-refractivity contribution in [3.8, 4) is 0 Å². The lowest BCUT2D eigenvalue weighted by Crippen LogP contribution is -2.32. The zero-order valence-corrected chi connectivity index (χ0v) is 9.98. The van der Waals surface area contributed by atoms with Crippen LogP contribution in [0.1, 0.15) is 29.7 Å². The van der Waals surface area contributed by atoms with Gasteiger partial charge in [-0.1, -0.05) is 6.92 Å². The van der Waals surface area contributed by atoms with Crippen LogP contribution in [-0.2, 0) is 16.6 Å². The van der Waals surface area contributed by atoms with Gasteiger partial charge in [0.15, 0.2) is 0 Å². The molecule has 2 N–H and O–H groups in total. The average molecular weight is 226 g/mol. The van der Waals surface area contributed by atoms with Gasteiger partial charge in [0, 0.05) is 23.1 Å². The lowest BCUT2D eigenvalue weighted by molar-refractivity contribution is 0.0418. The minimum absolute atomic E-state index is 0.135. The quantitative estimate of drug-likeness (QED) is 0.853. The van der Waals surface area contributed by atoms with Crippen molar-refractivity contribution < 1.29 is 4.74 Å². The lowest BCUT2D eigenvalue weighted by atomic mass is 9.85. The van der Waals surface area contributed by atoms with Crippen molar-refractivity contribution in [3.05, 3.63) is 16.1 Å². The molecule has 1 fully saturated rings. The number of ether oxygens (including phenoxy) is 1. The summed E-state index contributed by atoms with van der Waals surface area (Å²) in [5.74, 6) is 0. The summed E-state index contributed by atoms with van der Waals surface area (Å²) < 4.78 is 5.55. The van der Waals surface area contributed by atoms with E-state index in [0.717, 1.165) is 26.1 Å². The van der Waals surface area contributed by atoms with Crippen molar-refractivity contribution in [1.82, 2.24) is 4.98 Å². The fourth-order valence-electron chi connectivity index (χ4n) is 1.95. The first-order valence-corrected chi connectivity index (χ1v) is 6.29. The fraction of sp³-hybridized carbons (Fsp3) is 0.727. The molecule has 2 heterocycles. The third-order valence-corrected chi connectivity index (χ3v) is 4.26. The molecule has 1 aromatic heterocycles. The van der Waals surface area contributed by atoms with E-state index in [1.165, 1.54) is 16.3 Å². The molecule has 0 spiro atoms. The molecule has 1 aromatic rings. The highest BCUT2D eigenvalue weighted by molar-refractivity contribution is 7.11. The molecule has 0 amide bonds. The molecule has 0 aromatic carbocycles. The predicted octanol–water partition coefficient (Wildman–Crippen LogP) is 1.71. The molecule has 1 atom stereocenters. The SMILES string of the molecule is CC1(c2ncc(CCN)s2)CCCOC1. The second-order valence-electron chi connectivity index (χ2n) is 4.39. The Morgan fingerprint density at radius 3 is 3.20 bits per heavy atom. The van der Waals surface area contributed by atoms with Gasteiger partial charge in [0.25, 0.3) is 0 Å². The molecule has 3 nitrogen and oxygen atoms in total. The molecule has 84 valence electrons. The average Bonchev–Trinajstić information content (AvgIpc) is 2.69. The molecule has 4 heteroatoms. The Morgan fingerprint density at radius 2 is 2.53 bits per heavy atom. The Kier molecular flexibility index (Phi) is 3.38. The van der Waals surface area contributed by atoms with E-state index in [2.05, 4.69) is 11.9 Å². The minimum Gasteiger partial charge on any atom is -0.380 e. The van der Waals surface area contributed by atoms with Gasteiger partial charge in [0.2, 0.25) is 0 Å². The molecule has 15 heavy (non-hydrogen) atoms. The molecular formula is C11H18N2OS. The predicted molar refractivity (Wildman–Crippen MR) is 62.3 cm³/mol. The number of aromatic nitrogens is 1. The van der Waals surface area contributed by atoms with Gasteiger partial charge >= 0.3 is 0 Å². The maximum atomic E-state index is 5.55. The molecule has 2 rings (SSSR count). The number of hydrogen-bond acceptors (Lipinski definition) is 4. The first kappa shape index (κ1) is 11.0. The van der Waals surface area contributed by atoms with Crippen LogP contribution in [-0.4, -0.2) is 24.7 Å². The monoisotopic (exact) mass is 226 g/mol. The van der Waals surface area contributed by atoms with E-state index in [1.807, 2.05) is 6.20 Å². The van der Waals surface area contributed by atoms with Crippen LogP contribution >= 0.6 is 11.3 Å². The molecule has 1 unspecified atom stereocenters. The zero-order chi connectivity index (χ0) is 10.7. The topological polar surface area (TPSA) is 48.1 Å². The molecule has 0 saturated carbocycles. The Bertz CT molecular complexity index is 318. The summed E-state index contributed by atoms with van der Waals surface area (Å²) in [6, 6.07) is 0. The number of thiazole rings is 1. The van der Waals surface area contributed by atoms with Crippen LogP contribution in [0.5, 0.6) is 0 Å². The van der Waals surface area contributed by atoms with Gasteiger partial charge in [0.05, 0.1) is 6.61 Å². The third kappa shape index (κ3) is 2.38. The van der Waals surface area contributed by atoms with E-state index >= 15 is 0 Å². The first-order chi connectivity index (χ1) is 7.24. The van der Waals surface area contributed by atoms with E-state index in [-0.39, 0.29) is 5.41 Å². The largest absolute Gasteiger partial charge is 0.380 e. The summed E-state index contributed by atoms with van der Waals surface area (Å²) in [7, 11) is 0. The van der Waals surface area contributed by atoms with Crippen molar-refractivity contribution in [2.45, 2.75) is 31.6 Å². The van der Waals surface area contributed by atoms with Gasteiger partial charge in [-0.3, -0.25) is 0 Å². The highest BCUT2D eigenvalue weighted by atomic mass is 32.1. The minimum atomic E-state index is 0.135. The maximum Gasteiger partial charge on any atom is 0.101 e. The first-order valence-electron chi connectivity index (χ1n) is 5.47. The Balaban J connectivity index is 2.12. The van der Waals surface area contributed by atoms with Crippen molar-refractivity contribution in [3.63, 3.8) is 0 Å². The fourth-order valence-corrected chi connectivity index (χ4v) is 3.03. The van der Waals surface area contributed by atoms with Gasteiger partial charge in [-0.25, -0.2) is 4.98 Å². The smallest absolute Gasteiger partial charge is 0.101 e. The molecular weight excluding hydrogens is 208 g/mol. The molecule has 1 saturated heterocycles. The second kappa shape index (κ2) is 4.60. The van der Waals surface area contributed by atoms with Crippen molar-refractivity contribution in [2.75, 3.05) is 19.8 Å². The van der Waals surface area contributed by atoms with Crippen LogP contribution in [0.4, 0.5) is 0 Å². The lowest BCUT2D eigenvalue weighted by Gasteiger charge is -2.31. The Morgan fingerprint density at radius 1 is 1.67 bits per heavy atom. The number of nitrogens with two attached hydrogens (primary N) is 1. The number of hydrogen-bond donors (Lipinski definition) is 1. The summed E-state index contributed by atoms with van der Waals surface area (Å²) in [6.45, 7) is 4.66. The normalized spacial score (nSPS) is 26.8. The van der Waals surface area contributed by atoms with Crippen molar-refractivity contribution >= 4 is 11.3 Å². The van der Waals surface area contributed by atoms with E-state index in [4.69, 9.17) is 10.5 Å². The summed E-state index contributed by atoms with van der Waals surface area (Å²) in [5, 5.41) is 1.21. The van der Waals surface area contributed by atoms with Crippen LogP contribution in [0.2, 0.25) is 0 Å². The molecule has 0 aliphatic carbocycles. The van der Waals surface area contributed by atoms with E-state index in [0.29, 0.717) is 6.54 Å². The van der Waals surface area contributed by atoms with Crippen LogP contribution in [0.15, 0.2) is 6.20 Å². The number of rotatable bonds is 3. The highest BCUT2D eigenvalue weighted by Crippen LogP contribution is 2.34. The standard InChI is InChI=1S/C11H18N2OS/c1-11(4-2-6-14-8-11)10-13-7-9(15-10)3-5-12/h7H,2-6,8,12H2,1H3. The Hall–Kier alpha value is -0.450. The maximum absolute atomic E-state index is 5.55. The molecule has 0 radical (unpaired) electrons. The zero-order valence-electron chi connectivity index (χ0n) is 9.16. The van der Waals surface area contributed by atoms with E-state index < -0.39 is 0 Å². The molecule has 1 aliphatic heterocycles. The summed E-state index contributed by atoms with van der Waals surface area (Å²) in [5.41, 5.74) is 5.67. The summed E-state index contributed by atoms with van der Waals surface area (Å²) in [4.78, 5) is 5.80. The van der Waals surface area contributed by atoms with Gasteiger partial charge in [-0.05, 0) is 25.8 Å². The van der Waals surface area contributed by atoms with Gasteiger partial charge in [-0.2, -0.15) is 0 Å². The second-order valence-corrected chi connectivity index (χ2v) is 5.50. The van der Waals surface area contributed by atoms with Crippen LogP contribution in [0, 0.1) is 0 Å². The number of nitrogens with zero attached hydrogens (tertiary/aromatic N) is 1. The van der Waals surface area contributed by atoms with Crippen LogP contribution in [0.25, 0.3) is 0 Å². The summed E-state index contributed by atoms with van der Waals surface area (Å²) in [6.07, 6.45) is 5.23. The molecule has 1 aliphatic rings. The van der Waals surface area contributed by atoms with Crippen LogP contribution in [0.3, 0.4) is 0 Å². The van der Waals surface area contributed by atoms with Gasteiger partial charge in [0.1, 0.15) is 5.01 Å². The van der Waals surface area contributed by atoms with Crippen LogP contribution < -0.4 is 5.73 Å². The Labute approximate surface area is 94.7 Å². The summed E-state index contributed by atoms with van der Waals surface area (Å²) >= 11 is 1.79. The van der Waals surface area contributed by atoms with E-state index in [9.17, 15) is 0 Å².